The molecular formula is C22H24N2O6. The molecule has 1 aliphatic rings. The van der Waals surface area contributed by atoms with E-state index < -0.39 is 18.4 Å². The van der Waals surface area contributed by atoms with E-state index in [1.54, 1.807) is 17.0 Å². The molecule has 0 spiro atoms. The van der Waals surface area contributed by atoms with Crippen LogP contribution in [-0.2, 0) is 27.5 Å². The third-order valence-electron chi connectivity index (χ3n) is 4.69. The Hall–Kier alpha value is -3.39. The maximum atomic E-state index is 12.2. The predicted octanol–water partition coefficient (Wildman–Crippen LogP) is 2.52. The van der Waals surface area contributed by atoms with Gasteiger partial charge in [0.1, 0.15) is 18.8 Å². The number of carboxylic acids is 1. The molecule has 1 N–H and O–H groups in total. The first-order valence-corrected chi connectivity index (χ1v) is 9.69. The van der Waals surface area contributed by atoms with Crippen LogP contribution < -0.4 is 4.74 Å². The number of carbonyl (C=O) groups excluding carboxylic acids is 2. The molecule has 30 heavy (non-hydrogen) atoms. The van der Waals surface area contributed by atoms with Crippen LogP contribution >= 0.6 is 0 Å². The molecule has 0 aliphatic carbocycles. The monoisotopic (exact) mass is 412 g/mol. The standard InChI is InChI=1S/C22H24N2O6/c25-20(26)14-21(27)30-19-8-6-17(7-9-19)15-23-10-12-24(13-11-23)22(28)29-16-18-4-2-1-3-5-18/h1-9H,10-16H2,(H,25,26). The lowest BCUT2D eigenvalue weighted by Gasteiger charge is -2.34. The van der Waals surface area contributed by atoms with Gasteiger partial charge in [0, 0.05) is 32.7 Å². The van der Waals surface area contributed by atoms with Crippen molar-refractivity contribution in [3.8, 4) is 5.75 Å². The molecule has 0 atom stereocenters. The fourth-order valence-corrected chi connectivity index (χ4v) is 3.11. The van der Waals surface area contributed by atoms with Crippen LogP contribution in [0.2, 0.25) is 0 Å². The number of amides is 1. The van der Waals surface area contributed by atoms with E-state index in [9.17, 15) is 14.4 Å². The van der Waals surface area contributed by atoms with Gasteiger partial charge in [-0.1, -0.05) is 42.5 Å². The number of hydrogen-bond acceptors (Lipinski definition) is 6. The lowest BCUT2D eigenvalue weighted by Crippen LogP contribution is -2.48. The van der Waals surface area contributed by atoms with E-state index in [0.29, 0.717) is 25.4 Å². The summed E-state index contributed by atoms with van der Waals surface area (Å²) in [6.07, 6.45) is -0.967. The Labute approximate surface area is 174 Å². The molecule has 0 saturated carbocycles. The Bertz CT molecular complexity index is 861. The number of carbonyl (C=O) groups is 3. The van der Waals surface area contributed by atoms with E-state index in [0.717, 1.165) is 24.2 Å². The fraction of sp³-hybridized carbons (Fsp3) is 0.318. The van der Waals surface area contributed by atoms with Crippen LogP contribution in [0.5, 0.6) is 5.75 Å². The van der Waals surface area contributed by atoms with Gasteiger partial charge in [-0.05, 0) is 23.3 Å². The SMILES string of the molecule is O=C(O)CC(=O)Oc1ccc(CN2CCN(C(=O)OCc3ccccc3)CC2)cc1. The second-order valence-corrected chi connectivity index (χ2v) is 6.99. The minimum atomic E-state index is -1.22. The van der Waals surface area contributed by atoms with Crippen molar-refractivity contribution < 1.29 is 29.0 Å². The molecule has 1 saturated heterocycles. The summed E-state index contributed by atoms with van der Waals surface area (Å²) in [5.41, 5.74) is 2.00. The number of rotatable bonds is 7. The van der Waals surface area contributed by atoms with Crippen molar-refractivity contribution in [3.05, 3.63) is 65.7 Å². The highest BCUT2D eigenvalue weighted by atomic mass is 16.6. The largest absolute Gasteiger partial charge is 0.481 e. The van der Waals surface area contributed by atoms with Crippen molar-refractivity contribution in [2.45, 2.75) is 19.6 Å². The summed E-state index contributed by atoms with van der Waals surface area (Å²) in [7, 11) is 0. The molecule has 1 amide bonds. The maximum absolute atomic E-state index is 12.2. The van der Waals surface area contributed by atoms with Crippen molar-refractivity contribution in [1.29, 1.82) is 0 Å². The Morgan fingerprint density at radius 2 is 1.53 bits per heavy atom. The minimum Gasteiger partial charge on any atom is -0.481 e. The third-order valence-corrected chi connectivity index (χ3v) is 4.69. The summed E-state index contributed by atoms with van der Waals surface area (Å²) in [6.45, 7) is 3.63. The normalized spacial score (nSPS) is 14.2. The van der Waals surface area contributed by atoms with Gasteiger partial charge in [0.2, 0.25) is 0 Å². The van der Waals surface area contributed by atoms with Gasteiger partial charge in [0.25, 0.3) is 0 Å². The van der Waals surface area contributed by atoms with Gasteiger partial charge in [0.05, 0.1) is 0 Å². The first kappa shape index (κ1) is 21.3. The van der Waals surface area contributed by atoms with Crippen molar-refractivity contribution in [2.24, 2.45) is 0 Å². The number of esters is 1. The number of aliphatic carboxylic acids is 1. The Morgan fingerprint density at radius 3 is 2.17 bits per heavy atom. The second kappa shape index (κ2) is 10.4. The summed E-state index contributed by atoms with van der Waals surface area (Å²) in [5.74, 6) is -1.71. The van der Waals surface area contributed by atoms with E-state index in [-0.39, 0.29) is 12.7 Å². The lowest BCUT2D eigenvalue weighted by atomic mass is 10.2. The quantitative estimate of drug-likeness (QED) is 0.424. The number of nitrogens with zero attached hydrogens (tertiary/aromatic N) is 2. The number of hydrogen-bond donors (Lipinski definition) is 1. The fourth-order valence-electron chi connectivity index (χ4n) is 3.11. The molecule has 2 aromatic carbocycles. The number of piperazine rings is 1. The van der Waals surface area contributed by atoms with Crippen LogP contribution in [-0.4, -0.2) is 59.1 Å². The van der Waals surface area contributed by atoms with Crippen LogP contribution in [0.1, 0.15) is 17.5 Å². The third kappa shape index (κ3) is 6.59. The van der Waals surface area contributed by atoms with Crippen LogP contribution in [0.3, 0.4) is 0 Å². The van der Waals surface area contributed by atoms with E-state index in [2.05, 4.69) is 4.90 Å². The van der Waals surface area contributed by atoms with Crippen molar-refractivity contribution in [3.63, 3.8) is 0 Å². The van der Waals surface area contributed by atoms with E-state index in [4.69, 9.17) is 14.6 Å². The molecule has 1 fully saturated rings. The summed E-state index contributed by atoms with van der Waals surface area (Å²) < 4.78 is 10.4. The highest BCUT2D eigenvalue weighted by Crippen LogP contribution is 2.16. The van der Waals surface area contributed by atoms with Crippen molar-refractivity contribution in [1.82, 2.24) is 9.80 Å². The van der Waals surface area contributed by atoms with Crippen molar-refractivity contribution >= 4 is 18.0 Å². The van der Waals surface area contributed by atoms with E-state index >= 15 is 0 Å². The Balaban J connectivity index is 1.40. The molecule has 1 aliphatic heterocycles. The van der Waals surface area contributed by atoms with Crippen molar-refractivity contribution in [2.75, 3.05) is 26.2 Å². The van der Waals surface area contributed by atoms with Crippen LogP contribution in [0.4, 0.5) is 4.79 Å². The van der Waals surface area contributed by atoms with Gasteiger partial charge in [-0.3, -0.25) is 14.5 Å². The van der Waals surface area contributed by atoms with E-state index in [1.165, 1.54) is 0 Å². The molecule has 0 aromatic heterocycles. The molecule has 8 heteroatoms. The number of ether oxygens (including phenoxy) is 2. The first-order chi connectivity index (χ1) is 14.5. The maximum Gasteiger partial charge on any atom is 0.410 e. The topological polar surface area (TPSA) is 96.4 Å². The number of benzene rings is 2. The van der Waals surface area contributed by atoms with E-state index in [1.807, 2.05) is 42.5 Å². The van der Waals surface area contributed by atoms with Gasteiger partial charge in [0.15, 0.2) is 0 Å². The lowest BCUT2D eigenvalue weighted by molar-refractivity contribution is -0.145. The molecule has 0 radical (unpaired) electrons. The smallest absolute Gasteiger partial charge is 0.410 e. The van der Waals surface area contributed by atoms with Crippen LogP contribution in [0.15, 0.2) is 54.6 Å². The van der Waals surface area contributed by atoms with Crippen LogP contribution in [0, 0.1) is 0 Å². The zero-order chi connectivity index (χ0) is 21.3. The molecule has 8 nitrogen and oxygen atoms in total. The second-order valence-electron chi connectivity index (χ2n) is 6.99. The first-order valence-electron chi connectivity index (χ1n) is 9.69. The molecule has 3 rings (SSSR count). The molecule has 2 aromatic rings. The van der Waals surface area contributed by atoms with Gasteiger partial charge < -0.3 is 19.5 Å². The van der Waals surface area contributed by atoms with Gasteiger partial charge in [-0.25, -0.2) is 4.79 Å². The highest BCUT2D eigenvalue weighted by molar-refractivity contribution is 5.91. The summed E-state index contributed by atoms with van der Waals surface area (Å²) >= 11 is 0. The zero-order valence-electron chi connectivity index (χ0n) is 16.5. The average molecular weight is 412 g/mol. The van der Waals surface area contributed by atoms with Gasteiger partial charge >= 0.3 is 18.0 Å². The Morgan fingerprint density at radius 1 is 0.867 bits per heavy atom. The van der Waals surface area contributed by atoms with Gasteiger partial charge in [-0.2, -0.15) is 0 Å². The highest BCUT2D eigenvalue weighted by Gasteiger charge is 2.22. The number of carboxylic acid groups (broad SMARTS) is 1. The molecule has 0 bridgehead atoms. The average Bonchev–Trinajstić information content (AvgIpc) is 2.74. The van der Waals surface area contributed by atoms with Gasteiger partial charge in [-0.15, -0.1) is 0 Å². The molecule has 0 unspecified atom stereocenters. The Kier molecular flexibility index (Phi) is 7.40. The molecule has 158 valence electrons. The predicted molar refractivity (Wildman–Crippen MR) is 108 cm³/mol. The molecular weight excluding hydrogens is 388 g/mol. The summed E-state index contributed by atoms with van der Waals surface area (Å²) in [6, 6.07) is 16.5. The zero-order valence-corrected chi connectivity index (χ0v) is 16.5. The summed E-state index contributed by atoms with van der Waals surface area (Å²) in [4.78, 5) is 38.1. The summed E-state index contributed by atoms with van der Waals surface area (Å²) in [5, 5.41) is 8.58. The minimum absolute atomic E-state index is 0.267. The molecule has 1 heterocycles. The van der Waals surface area contributed by atoms with Crippen LogP contribution in [0.25, 0.3) is 0 Å².